The van der Waals surface area contributed by atoms with Gasteiger partial charge in [-0.3, -0.25) is 9.69 Å². The quantitative estimate of drug-likeness (QED) is 0.464. The van der Waals surface area contributed by atoms with Gasteiger partial charge in [0.2, 0.25) is 5.78 Å². The number of rotatable bonds is 7. The lowest BCUT2D eigenvalue weighted by molar-refractivity contribution is -0.137. The van der Waals surface area contributed by atoms with E-state index >= 15 is 0 Å². The van der Waals surface area contributed by atoms with Crippen molar-refractivity contribution in [1.29, 1.82) is 0 Å². The van der Waals surface area contributed by atoms with Crippen molar-refractivity contribution >= 4 is 17.1 Å². The van der Waals surface area contributed by atoms with Crippen molar-refractivity contribution in [3.8, 4) is 16.2 Å². The number of nitrogens with zero attached hydrogens (tertiary/aromatic N) is 1. The maximum atomic E-state index is 12.8. The van der Waals surface area contributed by atoms with Crippen LogP contribution in [0.25, 0.3) is 10.4 Å². The number of Topliss-reactive ketones (excluding diaryl/α,β-unsaturated/α-hetero) is 1. The van der Waals surface area contributed by atoms with Crippen molar-refractivity contribution in [1.82, 2.24) is 4.90 Å². The Labute approximate surface area is 206 Å². The Morgan fingerprint density at radius 3 is 2.37 bits per heavy atom. The highest BCUT2D eigenvalue weighted by atomic mass is 32.1. The van der Waals surface area contributed by atoms with Crippen LogP contribution in [0, 0.1) is 0 Å². The van der Waals surface area contributed by atoms with Gasteiger partial charge in [0.25, 0.3) is 0 Å². The molecule has 5 rings (SSSR count). The van der Waals surface area contributed by atoms with Crippen molar-refractivity contribution in [3.63, 3.8) is 0 Å². The van der Waals surface area contributed by atoms with E-state index in [1.807, 2.05) is 18.2 Å². The Kier molecular flexibility index (Phi) is 6.46. The zero-order chi connectivity index (χ0) is 24.6. The van der Waals surface area contributed by atoms with Crippen LogP contribution in [0.3, 0.4) is 0 Å². The number of alkyl halides is 3. The standard InChI is InChI=1S/C27H26F3NO3S/c28-27(29,30)21-4-1-19(2-5-21)24-8-7-23(35-24)16-31-13-9-18-3-6-22(15-20(18)10-14-31)34-26(11-12-26)25(33)17-32/h1-8,15,32H,9-14,16-17H2. The minimum atomic E-state index is -4.33. The largest absolute Gasteiger partial charge is 0.479 e. The highest BCUT2D eigenvalue weighted by Crippen LogP contribution is 2.41. The van der Waals surface area contributed by atoms with Crippen LogP contribution in [0.2, 0.25) is 0 Å². The molecule has 0 amide bonds. The van der Waals surface area contributed by atoms with E-state index in [0.29, 0.717) is 18.6 Å². The molecule has 3 aromatic rings. The average molecular weight is 502 g/mol. The summed E-state index contributed by atoms with van der Waals surface area (Å²) in [7, 11) is 0. The van der Waals surface area contributed by atoms with Crippen molar-refractivity contribution in [2.24, 2.45) is 0 Å². The normalized spacial score (nSPS) is 17.5. The van der Waals surface area contributed by atoms with E-state index in [4.69, 9.17) is 4.74 Å². The number of ether oxygens (including phenoxy) is 1. The second kappa shape index (κ2) is 9.41. The van der Waals surface area contributed by atoms with Crippen LogP contribution in [0.5, 0.6) is 5.75 Å². The molecule has 0 bridgehead atoms. The van der Waals surface area contributed by atoms with Crippen LogP contribution in [0.1, 0.15) is 34.4 Å². The van der Waals surface area contributed by atoms with Crippen LogP contribution in [-0.4, -0.2) is 41.1 Å². The molecule has 1 aromatic heterocycles. The van der Waals surface area contributed by atoms with Gasteiger partial charge in [-0.05, 0) is 78.8 Å². The van der Waals surface area contributed by atoms with Crippen molar-refractivity contribution in [2.45, 2.75) is 44.0 Å². The maximum absolute atomic E-state index is 12.8. The molecule has 2 aliphatic rings. The first-order valence-corrected chi connectivity index (χ1v) is 12.5. The predicted octanol–water partition coefficient (Wildman–Crippen LogP) is 5.51. The topological polar surface area (TPSA) is 49.8 Å². The van der Waals surface area contributed by atoms with E-state index in [-0.39, 0.29) is 5.78 Å². The molecule has 1 N–H and O–H groups in total. The van der Waals surface area contributed by atoms with E-state index in [0.717, 1.165) is 55.0 Å². The molecule has 1 saturated carbocycles. The predicted molar refractivity (Wildman–Crippen MR) is 129 cm³/mol. The molecule has 1 aliphatic heterocycles. The van der Waals surface area contributed by atoms with Crippen molar-refractivity contribution in [3.05, 3.63) is 76.2 Å². The van der Waals surface area contributed by atoms with Gasteiger partial charge in [-0.15, -0.1) is 11.3 Å². The molecule has 2 aromatic carbocycles. The van der Waals surface area contributed by atoms with Crippen LogP contribution < -0.4 is 4.74 Å². The summed E-state index contributed by atoms with van der Waals surface area (Å²) >= 11 is 1.61. The van der Waals surface area contributed by atoms with E-state index < -0.39 is 23.9 Å². The van der Waals surface area contributed by atoms with Crippen molar-refractivity contribution < 1.29 is 27.8 Å². The lowest BCUT2D eigenvalue weighted by atomic mass is 10.0. The SMILES string of the molecule is O=C(CO)C1(Oc2ccc3c(c2)CCN(Cc2ccc(-c4ccc(C(F)(F)F)cc4)s2)CC3)CC1. The number of aliphatic hydroxyl groups is 1. The molecule has 184 valence electrons. The number of carbonyl (C=O) groups is 1. The number of carbonyl (C=O) groups excluding carboxylic acids is 1. The zero-order valence-corrected chi connectivity index (χ0v) is 19.9. The first kappa shape index (κ1) is 24.0. The minimum absolute atomic E-state index is 0.259. The molecule has 0 radical (unpaired) electrons. The number of fused-ring (bicyclic) bond motifs is 1. The van der Waals surface area contributed by atoms with Gasteiger partial charge in [-0.2, -0.15) is 13.2 Å². The van der Waals surface area contributed by atoms with Crippen LogP contribution in [0.4, 0.5) is 13.2 Å². The fourth-order valence-corrected chi connectivity index (χ4v) is 5.61. The van der Waals surface area contributed by atoms with Crippen LogP contribution >= 0.6 is 11.3 Å². The number of hydrogen-bond donors (Lipinski definition) is 1. The molecule has 0 atom stereocenters. The Bertz CT molecular complexity index is 1220. The number of benzene rings is 2. The molecule has 8 heteroatoms. The molecule has 0 spiro atoms. The van der Waals surface area contributed by atoms with Gasteiger partial charge in [0.1, 0.15) is 12.4 Å². The van der Waals surface area contributed by atoms with Gasteiger partial charge in [0, 0.05) is 29.4 Å². The number of aliphatic hydroxyl groups excluding tert-OH is 1. The summed E-state index contributed by atoms with van der Waals surface area (Å²) in [5, 5.41) is 9.20. The van der Waals surface area contributed by atoms with Gasteiger partial charge in [0.05, 0.1) is 5.56 Å². The minimum Gasteiger partial charge on any atom is -0.479 e. The van der Waals surface area contributed by atoms with Gasteiger partial charge in [-0.1, -0.05) is 18.2 Å². The van der Waals surface area contributed by atoms with Gasteiger partial charge in [0.15, 0.2) is 5.60 Å². The molecule has 2 heterocycles. The average Bonchev–Trinajstić information content (AvgIpc) is 3.53. The maximum Gasteiger partial charge on any atom is 0.416 e. The Hall–Kier alpha value is -2.68. The summed E-state index contributed by atoms with van der Waals surface area (Å²) in [6.07, 6.45) is -1.26. The second-order valence-electron chi connectivity index (χ2n) is 9.23. The summed E-state index contributed by atoms with van der Waals surface area (Å²) < 4.78 is 44.5. The third-order valence-corrected chi connectivity index (χ3v) is 7.90. The van der Waals surface area contributed by atoms with Crippen LogP contribution in [-0.2, 0) is 30.4 Å². The van der Waals surface area contributed by atoms with Gasteiger partial charge in [-0.25, -0.2) is 0 Å². The number of thiophene rings is 1. The van der Waals surface area contributed by atoms with Gasteiger partial charge >= 0.3 is 6.18 Å². The van der Waals surface area contributed by atoms with Crippen LogP contribution in [0.15, 0.2) is 54.6 Å². The highest BCUT2D eigenvalue weighted by Gasteiger charge is 2.52. The third-order valence-electron chi connectivity index (χ3n) is 6.78. The lowest BCUT2D eigenvalue weighted by Crippen LogP contribution is -2.32. The highest BCUT2D eigenvalue weighted by molar-refractivity contribution is 7.15. The van der Waals surface area contributed by atoms with E-state index in [1.165, 1.54) is 28.1 Å². The van der Waals surface area contributed by atoms with E-state index in [1.54, 1.807) is 11.3 Å². The molecule has 1 aliphatic carbocycles. The Morgan fingerprint density at radius 1 is 1.00 bits per heavy atom. The summed E-state index contributed by atoms with van der Waals surface area (Å²) in [6.45, 7) is 2.08. The monoisotopic (exact) mass is 501 g/mol. The molecular formula is C27H26F3NO3S. The fourth-order valence-electron chi connectivity index (χ4n) is 4.55. The third kappa shape index (κ3) is 5.29. The second-order valence-corrected chi connectivity index (χ2v) is 10.4. The summed E-state index contributed by atoms with van der Waals surface area (Å²) in [4.78, 5) is 16.5. The zero-order valence-electron chi connectivity index (χ0n) is 19.1. The molecule has 4 nitrogen and oxygen atoms in total. The number of hydrogen-bond acceptors (Lipinski definition) is 5. The van der Waals surface area contributed by atoms with Crippen molar-refractivity contribution in [2.75, 3.05) is 19.7 Å². The molecular weight excluding hydrogens is 475 g/mol. The molecule has 0 unspecified atom stereocenters. The Morgan fingerprint density at radius 2 is 1.71 bits per heavy atom. The molecule has 0 saturated heterocycles. The molecule has 35 heavy (non-hydrogen) atoms. The summed E-state index contributed by atoms with van der Waals surface area (Å²) in [5.74, 6) is 0.418. The summed E-state index contributed by atoms with van der Waals surface area (Å²) in [6, 6.07) is 15.3. The summed E-state index contributed by atoms with van der Waals surface area (Å²) in [5.41, 5.74) is 1.80. The smallest absolute Gasteiger partial charge is 0.416 e. The first-order valence-electron chi connectivity index (χ1n) is 11.7. The van der Waals surface area contributed by atoms with Gasteiger partial charge < -0.3 is 9.84 Å². The lowest BCUT2D eigenvalue weighted by Gasteiger charge is -2.18. The first-order chi connectivity index (χ1) is 16.8. The number of halogens is 3. The van der Waals surface area contributed by atoms with E-state index in [9.17, 15) is 23.1 Å². The molecule has 1 fully saturated rings. The van der Waals surface area contributed by atoms with E-state index in [2.05, 4.69) is 17.0 Å². The fraction of sp³-hybridized carbons (Fsp3) is 0.370. The Balaban J connectivity index is 1.21. The number of ketones is 1.